The lowest BCUT2D eigenvalue weighted by Crippen LogP contribution is -2.54. The molecule has 2 fully saturated rings. The molecule has 1 saturated heterocycles. The third-order valence-electron chi connectivity index (χ3n) is 7.57. The number of rotatable bonds is 7. The van der Waals surface area contributed by atoms with Gasteiger partial charge in [0.15, 0.2) is 5.76 Å². The van der Waals surface area contributed by atoms with Gasteiger partial charge in [0.05, 0.1) is 16.9 Å². The van der Waals surface area contributed by atoms with Crippen LogP contribution in [0.15, 0.2) is 52.3 Å². The third kappa shape index (κ3) is 3.96. The zero-order valence-corrected chi connectivity index (χ0v) is 21.4. The van der Waals surface area contributed by atoms with Crippen molar-refractivity contribution in [2.24, 2.45) is 11.8 Å². The number of benzene rings is 1. The molecule has 0 radical (unpaired) electrons. The normalized spacial score (nSPS) is 25.3. The van der Waals surface area contributed by atoms with Gasteiger partial charge >= 0.3 is 5.97 Å². The van der Waals surface area contributed by atoms with E-state index in [1.165, 1.54) is 41.4 Å². The Kier molecular flexibility index (Phi) is 6.02. The van der Waals surface area contributed by atoms with E-state index in [0.717, 1.165) is 5.56 Å². The highest BCUT2D eigenvalue weighted by atomic mass is 32.1. The van der Waals surface area contributed by atoms with Crippen molar-refractivity contribution in [2.45, 2.75) is 51.1 Å². The van der Waals surface area contributed by atoms with Gasteiger partial charge in [0.1, 0.15) is 11.3 Å². The lowest BCUT2D eigenvalue weighted by atomic mass is 9.74. The molecule has 192 valence electrons. The lowest BCUT2D eigenvalue weighted by Gasteiger charge is -2.38. The zero-order chi connectivity index (χ0) is 26.6. The van der Waals surface area contributed by atoms with Crippen LogP contribution in [0.1, 0.15) is 64.0 Å². The summed E-state index contributed by atoms with van der Waals surface area (Å²) in [6.07, 6.45) is 1.26. The molecule has 3 aromatic rings. The van der Waals surface area contributed by atoms with Crippen LogP contribution in [-0.2, 0) is 9.59 Å². The van der Waals surface area contributed by atoms with Crippen LogP contribution in [0.4, 0.5) is 5.69 Å². The maximum Gasteiger partial charge on any atom is 0.330 e. The van der Waals surface area contributed by atoms with E-state index in [1.54, 1.807) is 25.1 Å². The van der Waals surface area contributed by atoms with Crippen LogP contribution in [0.5, 0.6) is 0 Å². The summed E-state index contributed by atoms with van der Waals surface area (Å²) < 4.78 is 5.68. The Labute approximate surface area is 216 Å². The van der Waals surface area contributed by atoms with E-state index >= 15 is 0 Å². The number of hydrogen-bond donors (Lipinski definition) is 1. The minimum Gasteiger partial charge on any atom is -0.479 e. The monoisotopic (exact) mass is 522 g/mol. The maximum atomic E-state index is 14.2. The summed E-state index contributed by atoms with van der Waals surface area (Å²) in [5.74, 6) is -3.75. The molecule has 4 unspecified atom stereocenters. The number of aryl methyl sites for hydroxylation is 2. The number of non-ortho nitro benzene ring substituents is 1. The second kappa shape index (κ2) is 8.95. The molecule has 2 aromatic heterocycles. The van der Waals surface area contributed by atoms with Crippen molar-refractivity contribution in [3.8, 4) is 0 Å². The number of carboxylic acids is 1. The molecule has 3 heterocycles. The molecule has 1 aliphatic carbocycles. The van der Waals surface area contributed by atoms with E-state index in [1.807, 2.05) is 18.4 Å². The van der Waals surface area contributed by atoms with Crippen molar-refractivity contribution in [1.82, 2.24) is 4.90 Å². The molecule has 1 aliphatic heterocycles. The number of hydrogen-bond acceptors (Lipinski definition) is 7. The summed E-state index contributed by atoms with van der Waals surface area (Å²) in [5, 5.41) is 24.2. The molecule has 9 nitrogen and oxygen atoms in total. The Morgan fingerprint density at radius 2 is 1.89 bits per heavy atom. The highest BCUT2D eigenvalue weighted by Gasteiger charge is 2.66. The van der Waals surface area contributed by atoms with Crippen LogP contribution in [-0.4, -0.2) is 38.1 Å². The summed E-state index contributed by atoms with van der Waals surface area (Å²) >= 11 is 1.34. The number of furan rings is 1. The molecule has 2 aliphatic rings. The maximum absolute atomic E-state index is 14.2. The molecule has 1 saturated carbocycles. The van der Waals surface area contributed by atoms with E-state index in [0.29, 0.717) is 29.0 Å². The smallest absolute Gasteiger partial charge is 0.330 e. The number of amides is 1. The molecule has 1 aromatic carbocycles. The van der Waals surface area contributed by atoms with Gasteiger partial charge in [-0.15, -0.1) is 11.3 Å². The molecule has 37 heavy (non-hydrogen) atoms. The van der Waals surface area contributed by atoms with Crippen LogP contribution >= 0.6 is 11.3 Å². The van der Waals surface area contributed by atoms with Crippen molar-refractivity contribution in [1.29, 1.82) is 0 Å². The largest absolute Gasteiger partial charge is 0.479 e. The minimum absolute atomic E-state index is 0.0607. The van der Waals surface area contributed by atoms with Crippen molar-refractivity contribution in [2.75, 3.05) is 0 Å². The van der Waals surface area contributed by atoms with Crippen LogP contribution in [0, 0.1) is 35.8 Å². The van der Waals surface area contributed by atoms with E-state index in [2.05, 4.69) is 0 Å². The number of aliphatic carboxylic acids is 1. The highest BCUT2D eigenvalue weighted by Crippen LogP contribution is 2.59. The molecular formula is C27H26N2O7S. The molecule has 0 spiro atoms. The molecular weight excluding hydrogens is 496 g/mol. The highest BCUT2D eigenvalue weighted by molar-refractivity contribution is 7.10. The molecule has 10 heteroatoms. The lowest BCUT2D eigenvalue weighted by molar-refractivity contribution is -0.385. The van der Waals surface area contributed by atoms with Crippen LogP contribution < -0.4 is 0 Å². The fraction of sp³-hybridized carbons (Fsp3) is 0.370. The Balaban J connectivity index is 1.81. The number of likely N-dealkylation sites (tertiary alicyclic amines) is 1. The third-order valence-corrected chi connectivity index (χ3v) is 8.68. The number of nitrogens with zero attached hydrogens (tertiary/aromatic N) is 2. The van der Waals surface area contributed by atoms with Crippen LogP contribution in [0.3, 0.4) is 0 Å². The van der Waals surface area contributed by atoms with Crippen LogP contribution in [0.25, 0.3) is 0 Å². The fourth-order valence-corrected chi connectivity index (χ4v) is 6.78. The van der Waals surface area contributed by atoms with E-state index in [-0.39, 0.29) is 23.3 Å². The second-order valence-electron chi connectivity index (χ2n) is 9.98. The van der Waals surface area contributed by atoms with Gasteiger partial charge in [-0.2, -0.15) is 0 Å². The van der Waals surface area contributed by atoms with Gasteiger partial charge in [0, 0.05) is 28.8 Å². The summed E-state index contributed by atoms with van der Waals surface area (Å²) in [5.41, 5.74) is -0.834. The van der Waals surface area contributed by atoms with Gasteiger partial charge in [0.25, 0.3) is 5.69 Å². The zero-order valence-electron chi connectivity index (χ0n) is 20.5. The molecule has 4 atom stereocenters. The number of nitro benzene ring substituents is 1. The van der Waals surface area contributed by atoms with Crippen molar-refractivity contribution in [3.63, 3.8) is 0 Å². The Morgan fingerprint density at radius 3 is 2.43 bits per heavy atom. The number of nitro groups is 1. The van der Waals surface area contributed by atoms with E-state index in [4.69, 9.17) is 4.42 Å². The Hall–Kier alpha value is -3.79. The SMILES string of the molecule is Cc1ccc(C(=O)C2C(c3cccc([N+](=O)[O-])c3)N(C(=O)C3CC3)C(C)(C(=O)O)C2c2sccc2C)o1. The number of ketones is 1. The number of carboxylic acid groups (broad SMARTS) is 1. The predicted octanol–water partition coefficient (Wildman–Crippen LogP) is 5.29. The average Bonchev–Trinajstić information content (AvgIpc) is 3.40. The topological polar surface area (TPSA) is 131 Å². The number of thiophene rings is 1. The minimum atomic E-state index is -1.79. The average molecular weight is 523 g/mol. The number of Topliss-reactive ketones (excluding diaryl/α,β-unsaturated/α-hetero) is 1. The van der Waals surface area contributed by atoms with Gasteiger partial charge in [-0.25, -0.2) is 4.79 Å². The Morgan fingerprint density at radius 1 is 1.16 bits per heavy atom. The number of carbonyl (C=O) groups is 3. The fourth-order valence-electron chi connectivity index (χ4n) is 5.59. The first-order chi connectivity index (χ1) is 17.6. The van der Waals surface area contributed by atoms with Gasteiger partial charge in [0.2, 0.25) is 11.7 Å². The number of carbonyl (C=O) groups excluding carboxylic acids is 2. The van der Waals surface area contributed by atoms with Crippen molar-refractivity contribution < 1.29 is 28.8 Å². The van der Waals surface area contributed by atoms with Gasteiger partial charge in [-0.05, 0) is 68.3 Å². The summed E-state index contributed by atoms with van der Waals surface area (Å²) in [6.45, 7) is 5.04. The molecule has 1 amide bonds. The summed E-state index contributed by atoms with van der Waals surface area (Å²) in [6, 6.07) is 9.78. The van der Waals surface area contributed by atoms with Crippen LogP contribution in [0.2, 0.25) is 0 Å². The first-order valence-electron chi connectivity index (χ1n) is 12.0. The molecule has 1 N–H and O–H groups in total. The van der Waals surface area contributed by atoms with Gasteiger partial charge in [-0.3, -0.25) is 19.7 Å². The van der Waals surface area contributed by atoms with E-state index < -0.39 is 40.1 Å². The first kappa shape index (κ1) is 24.9. The van der Waals surface area contributed by atoms with Crippen molar-refractivity contribution >= 4 is 34.7 Å². The Bertz CT molecular complexity index is 1420. The van der Waals surface area contributed by atoms with Gasteiger partial charge < -0.3 is 14.4 Å². The second-order valence-corrected chi connectivity index (χ2v) is 10.9. The van der Waals surface area contributed by atoms with E-state index in [9.17, 15) is 29.6 Å². The van der Waals surface area contributed by atoms with Gasteiger partial charge in [-0.1, -0.05) is 12.1 Å². The standard InChI is InChI=1S/C27H26N2O7S/c1-14-11-12-37-24(14)21-20(23(30)19-10-7-15(2)36-19)22(17-5-4-6-18(13-17)29(34)35)28(25(31)16-8-9-16)27(21,3)26(32)33/h4-7,10-13,16,20-22H,8-9H2,1-3H3,(H,32,33). The van der Waals surface area contributed by atoms with Crippen molar-refractivity contribution in [3.05, 3.63) is 85.5 Å². The summed E-state index contributed by atoms with van der Waals surface area (Å²) in [7, 11) is 0. The predicted molar refractivity (Wildman–Crippen MR) is 135 cm³/mol. The first-order valence-corrected chi connectivity index (χ1v) is 12.9. The summed E-state index contributed by atoms with van der Waals surface area (Å²) in [4.78, 5) is 54.2. The quantitative estimate of drug-likeness (QED) is 0.253. The molecule has 0 bridgehead atoms. The molecule has 5 rings (SSSR count).